The Morgan fingerprint density at radius 2 is 1.63 bits per heavy atom. The van der Waals surface area contributed by atoms with Gasteiger partial charge in [0.25, 0.3) is 0 Å². The number of aromatic amines is 1. The fourth-order valence-electron chi connectivity index (χ4n) is 3.94. The Hall–Kier alpha value is -2.69. The van der Waals surface area contributed by atoms with Crippen molar-refractivity contribution in [2.75, 3.05) is 31.2 Å². The fraction of sp³-hybridized carbons (Fsp3) is 0.182. The monoisotopic (exact) mass is 378 g/mol. The van der Waals surface area contributed by atoms with Gasteiger partial charge in [0.2, 0.25) is 0 Å². The molecule has 0 aliphatic carbocycles. The molecule has 4 aromatic rings. The molecule has 0 spiro atoms. The average Bonchev–Trinajstić information content (AvgIpc) is 3.09. The van der Waals surface area contributed by atoms with Crippen molar-refractivity contribution in [3.05, 3.63) is 59.6 Å². The number of hydrogen-bond donors (Lipinski definition) is 2. The second-order valence-corrected chi connectivity index (χ2v) is 7.26. The Labute approximate surface area is 161 Å². The van der Waals surface area contributed by atoms with Gasteiger partial charge in [-0.3, -0.25) is 0 Å². The zero-order valence-corrected chi connectivity index (χ0v) is 15.5. The Morgan fingerprint density at radius 3 is 2.37 bits per heavy atom. The Kier molecular flexibility index (Phi) is 3.96. The first-order chi connectivity index (χ1) is 13.2. The van der Waals surface area contributed by atoms with Crippen molar-refractivity contribution in [2.24, 2.45) is 0 Å². The van der Waals surface area contributed by atoms with Gasteiger partial charge in [-0.05, 0) is 18.2 Å². The predicted octanol–water partition coefficient (Wildman–Crippen LogP) is 5.18. The molecule has 5 heteroatoms. The summed E-state index contributed by atoms with van der Waals surface area (Å²) in [6.45, 7) is 3.04. The van der Waals surface area contributed by atoms with Gasteiger partial charge in [-0.25, -0.2) is 0 Å². The maximum Gasteiger partial charge on any atom is 0.124 e. The quantitative estimate of drug-likeness (QED) is 0.505. The number of nitrogens with one attached hydrogen (secondary N) is 1. The smallest absolute Gasteiger partial charge is 0.124 e. The number of anilines is 1. The van der Waals surface area contributed by atoms with Gasteiger partial charge in [0.05, 0.1) is 30.1 Å². The molecule has 5 rings (SSSR count). The highest BCUT2D eigenvalue weighted by Gasteiger charge is 2.23. The van der Waals surface area contributed by atoms with E-state index in [1.807, 2.05) is 54.6 Å². The molecular formula is C22H19ClN2O2. The molecule has 1 saturated heterocycles. The first-order valence-corrected chi connectivity index (χ1v) is 9.45. The zero-order valence-electron chi connectivity index (χ0n) is 14.7. The van der Waals surface area contributed by atoms with Crippen molar-refractivity contribution in [1.82, 2.24) is 4.98 Å². The molecule has 27 heavy (non-hydrogen) atoms. The summed E-state index contributed by atoms with van der Waals surface area (Å²) < 4.78 is 5.55. The van der Waals surface area contributed by atoms with Gasteiger partial charge in [0.1, 0.15) is 5.75 Å². The molecule has 0 radical (unpaired) electrons. The lowest BCUT2D eigenvalue weighted by atomic mass is 10.0. The Bertz CT molecular complexity index is 1130. The van der Waals surface area contributed by atoms with Crippen LogP contribution in [0.3, 0.4) is 0 Å². The number of phenols is 1. The van der Waals surface area contributed by atoms with Gasteiger partial charge in [0.15, 0.2) is 0 Å². The van der Waals surface area contributed by atoms with E-state index in [4.69, 9.17) is 16.3 Å². The number of morpholine rings is 1. The van der Waals surface area contributed by atoms with E-state index in [9.17, 15) is 5.11 Å². The third kappa shape index (κ3) is 2.73. The molecule has 1 aromatic heterocycles. The third-order valence-corrected chi connectivity index (χ3v) is 5.48. The molecule has 2 N–H and O–H groups in total. The molecule has 3 aromatic carbocycles. The highest BCUT2D eigenvalue weighted by atomic mass is 35.5. The van der Waals surface area contributed by atoms with Gasteiger partial charge in [0, 0.05) is 39.8 Å². The van der Waals surface area contributed by atoms with E-state index in [1.165, 1.54) is 0 Å². The number of ether oxygens (including phenoxy) is 1. The zero-order chi connectivity index (χ0) is 18.4. The van der Waals surface area contributed by atoms with Crippen LogP contribution in [0.15, 0.2) is 54.6 Å². The molecule has 0 amide bonds. The van der Waals surface area contributed by atoms with E-state index in [0.717, 1.165) is 51.7 Å². The van der Waals surface area contributed by atoms with Crippen LogP contribution < -0.4 is 4.90 Å². The van der Waals surface area contributed by atoms with Crippen LogP contribution >= 0.6 is 11.6 Å². The van der Waals surface area contributed by atoms with Gasteiger partial charge < -0.3 is 19.7 Å². The molecule has 2 heterocycles. The number of aromatic hydroxyl groups is 1. The van der Waals surface area contributed by atoms with Gasteiger partial charge in [-0.1, -0.05) is 48.0 Å². The topological polar surface area (TPSA) is 48.5 Å². The Morgan fingerprint density at radius 1 is 0.926 bits per heavy atom. The third-order valence-electron chi connectivity index (χ3n) is 5.22. The summed E-state index contributed by atoms with van der Waals surface area (Å²) in [4.78, 5) is 5.96. The SMILES string of the molecule is Oc1cc2c(N3CCOCC3)c(-c3ccc(Cl)cc3)[nH]c2c2ccccc12. The number of aromatic nitrogens is 1. The van der Waals surface area contributed by atoms with E-state index < -0.39 is 0 Å². The van der Waals surface area contributed by atoms with Gasteiger partial charge >= 0.3 is 0 Å². The molecule has 0 bridgehead atoms. The van der Waals surface area contributed by atoms with Crippen LogP contribution in [0.5, 0.6) is 5.75 Å². The minimum absolute atomic E-state index is 0.300. The number of rotatable bonds is 2. The standard InChI is InChI=1S/C22H19ClN2O2/c23-15-7-5-14(6-8-15)20-22(25-9-11-27-12-10-25)18-13-19(26)16-3-1-2-4-17(16)21(18)24-20/h1-8,13,24,26H,9-12H2. The van der Waals surface area contributed by atoms with Crippen LogP contribution in [0.1, 0.15) is 0 Å². The average molecular weight is 379 g/mol. The van der Waals surface area contributed by atoms with E-state index >= 15 is 0 Å². The molecule has 1 aliphatic heterocycles. The number of H-pyrrole nitrogens is 1. The highest BCUT2D eigenvalue weighted by molar-refractivity contribution is 6.30. The maximum absolute atomic E-state index is 10.6. The van der Waals surface area contributed by atoms with Crippen LogP contribution in [0.25, 0.3) is 32.9 Å². The molecule has 0 atom stereocenters. The molecular weight excluding hydrogens is 360 g/mol. The number of phenolic OH excluding ortho intramolecular Hbond substituents is 1. The van der Waals surface area contributed by atoms with E-state index in [1.54, 1.807) is 0 Å². The summed E-state index contributed by atoms with van der Waals surface area (Å²) in [6, 6.07) is 17.7. The molecule has 136 valence electrons. The van der Waals surface area contributed by atoms with Crippen molar-refractivity contribution < 1.29 is 9.84 Å². The van der Waals surface area contributed by atoms with Crippen molar-refractivity contribution in [1.29, 1.82) is 0 Å². The van der Waals surface area contributed by atoms with Crippen LogP contribution in [-0.2, 0) is 4.74 Å². The van der Waals surface area contributed by atoms with E-state index in [-0.39, 0.29) is 0 Å². The van der Waals surface area contributed by atoms with Crippen LogP contribution in [0, 0.1) is 0 Å². The number of fused-ring (bicyclic) bond motifs is 3. The van der Waals surface area contributed by atoms with Gasteiger partial charge in [-0.2, -0.15) is 0 Å². The van der Waals surface area contributed by atoms with Crippen molar-refractivity contribution in [3.8, 4) is 17.0 Å². The fourth-order valence-corrected chi connectivity index (χ4v) is 4.06. The minimum atomic E-state index is 0.300. The van der Waals surface area contributed by atoms with Crippen molar-refractivity contribution >= 4 is 39.0 Å². The second-order valence-electron chi connectivity index (χ2n) is 6.82. The lowest BCUT2D eigenvalue weighted by Gasteiger charge is -2.29. The molecule has 0 unspecified atom stereocenters. The van der Waals surface area contributed by atoms with Crippen molar-refractivity contribution in [3.63, 3.8) is 0 Å². The number of hydrogen-bond acceptors (Lipinski definition) is 3. The van der Waals surface area contributed by atoms with Crippen LogP contribution in [-0.4, -0.2) is 36.4 Å². The second kappa shape index (κ2) is 6.48. The lowest BCUT2D eigenvalue weighted by Crippen LogP contribution is -2.36. The highest BCUT2D eigenvalue weighted by Crippen LogP contribution is 2.43. The largest absolute Gasteiger partial charge is 0.507 e. The summed E-state index contributed by atoms with van der Waals surface area (Å²) in [7, 11) is 0. The first kappa shape index (κ1) is 16.5. The molecule has 0 saturated carbocycles. The summed E-state index contributed by atoms with van der Waals surface area (Å²) in [5.41, 5.74) is 4.26. The Balaban J connectivity index is 1.84. The lowest BCUT2D eigenvalue weighted by molar-refractivity contribution is 0.123. The number of halogens is 1. The number of benzene rings is 3. The van der Waals surface area contributed by atoms with Crippen LogP contribution in [0.2, 0.25) is 5.02 Å². The van der Waals surface area contributed by atoms with Crippen molar-refractivity contribution in [2.45, 2.75) is 0 Å². The summed E-state index contributed by atoms with van der Waals surface area (Å²) in [5.74, 6) is 0.300. The first-order valence-electron chi connectivity index (χ1n) is 9.07. The summed E-state index contributed by atoms with van der Waals surface area (Å²) in [6.07, 6.45) is 0. The van der Waals surface area contributed by atoms with E-state index in [0.29, 0.717) is 24.0 Å². The number of nitrogens with zero attached hydrogens (tertiary/aromatic N) is 1. The molecule has 4 nitrogen and oxygen atoms in total. The molecule has 1 aliphatic rings. The van der Waals surface area contributed by atoms with E-state index in [2.05, 4.69) is 9.88 Å². The van der Waals surface area contributed by atoms with Gasteiger partial charge in [-0.15, -0.1) is 0 Å². The normalized spacial score (nSPS) is 14.9. The van der Waals surface area contributed by atoms with Crippen LogP contribution in [0.4, 0.5) is 5.69 Å². The predicted molar refractivity (Wildman–Crippen MR) is 111 cm³/mol. The minimum Gasteiger partial charge on any atom is -0.507 e. The summed E-state index contributed by atoms with van der Waals surface area (Å²) >= 11 is 6.09. The maximum atomic E-state index is 10.6. The molecule has 1 fully saturated rings. The summed E-state index contributed by atoms with van der Waals surface area (Å²) in [5, 5.41) is 14.2.